The van der Waals surface area contributed by atoms with Gasteiger partial charge in [0.1, 0.15) is 0 Å². The summed E-state index contributed by atoms with van der Waals surface area (Å²) >= 11 is 0. The zero-order chi connectivity index (χ0) is 17.5. The zero-order valence-corrected chi connectivity index (χ0v) is 15.0. The summed E-state index contributed by atoms with van der Waals surface area (Å²) in [6.45, 7) is 3.92. The van der Waals surface area contributed by atoms with Crippen LogP contribution in [0.1, 0.15) is 50.1 Å². The van der Waals surface area contributed by atoms with Crippen LogP contribution in [-0.2, 0) is 9.59 Å². The summed E-state index contributed by atoms with van der Waals surface area (Å²) in [7, 11) is 0. The summed E-state index contributed by atoms with van der Waals surface area (Å²) in [5.41, 5.74) is 1.13. The summed E-state index contributed by atoms with van der Waals surface area (Å²) in [4.78, 5) is 28.9. The average molecular weight is 343 g/mol. The Morgan fingerprint density at radius 2 is 1.72 bits per heavy atom. The molecule has 2 aliphatic heterocycles. The molecule has 1 N–H and O–H groups in total. The number of nitrogens with zero attached hydrogens (tertiary/aromatic N) is 2. The number of carbonyl (C=O) groups excluding carboxylic acids is 2. The maximum absolute atomic E-state index is 12.6. The van der Waals surface area contributed by atoms with Crippen molar-refractivity contribution in [2.45, 2.75) is 44.6 Å². The van der Waals surface area contributed by atoms with Gasteiger partial charge in [-0.15, -0.1) is 0 Å². The predicted molar refractivity (Wildman–Crippen MR) is 98.0 cm³/mol. The molecule has 1 aromatic rings. The number of hydrogen-bond donors (Lipinski definition) is 1. The van der Waals surface area contributed by atoms with Gasteiger partial charge in [0.15, 0.2) is 0 Å². The molecule has 0 saturated carbocycles. The fraction of sp³-hybridized carbons (Fsp3) is 0.600. The lowest BCUT2D eigenvalue weighted by Gasteiger charge is -2.26. The number of hydrogen-bond acceptors (Lipinski definition) is 3. The van der Waals surface area contributed by atoms with Crippen molar-refractivity contribution in [3.63, 3.8) is 0 Å². The van der Waals surface area contributed by atoms with Crippen molar-refractivity contribution in [1.82, 2.24) is 15.1 Å². The molecule has 0 aromatic heterocycles. The maximum atomic E-state index is 12.6. The van der Waals surface area contributed by atoms with Crippen molar-refractivity contribution in [2.24, 2.45) is 0 Å². The van der Waals surface area contributed by atoms with E-state index in [-0.39, 0.29) is 24.4 Å². The highest BCUT2D eigenvalue weighted by atomic mass is 16.2. The van der Waals surface area contributed by atoms with E-state index in [1.54, 1.807) is 4.90 Å². The van der Waals surface area contributed by atoms with Gasteiger partial charge in [-0.3, -0.25) is 9.59 Å². The smallest absolute Gasteiger partial charge is 0.240 e. The number of rotatable bonds is 6. The third-order valence-electron chi connectivity index (χ3n) is 5.18. The van der Waals surface area contributed by atoms with Crippen LogP contribution in [0.5, 0.6) is 0 Å². The summed E-state index contributed by atoms with van der Waals surface area (Å²) in [6.07, 6.45) is 6.05. The molecule has 3 rings (SSSR count). The zero-order valence-electron chi connectivity index (χ0n) is 15.0. The second-order valence-corrected chi connectivity index (χ2v) is 7.16. The molecule has 1 aromatic carbocycles. The lowest BCUT2D eigenvalue weighted by molar-refractivity contribution is -0.135. The molecule has 0 aliphatic carbocycles. The lowest BCUT2D eigenvalue weighted by atomic mass is 10.1. The van der Waals surface area contributed by atoms with E-state index in [2.05, 4.69) is 22.3 Å². The van der Waals surface area contributed by atoms with E-state index in [9.17, 15) is 9.59 Å². The minimum absolute atomic E-state index is 0.0196. The van der Waals surface area contributed by atoms with Gasteiger partial charge in [0.05, 0.1) is 12.6 Å². The minimum atomic E-state index is -0.0525. The summed E-state index contributed by atoms with van der Waals surface area (Å²) in [5.74, 6) is 0.0618. The van der Waals surface area contributed by atoms with E-state index >= 15 is 0 Å². The molecule has 25 heavy (non-hydrogen) atoms. The molecule has 2 heterocycles. The van der Waals surface area contributed by atoms with E-state index in [0.717, 1.165) is 44.5 Å². The molecule has 136 valence electrons. The van der Waals surface area contributed by atoms with Crippen LogP contribution in [0.3, 0.4) is 0 Å². The highest BCUT2D eigenvalue weighted by Crippen LogP contribution is 2.18. The first-order valence-electron chi connectivity index (χ1n) is 9.57. The van der Waals surface area contributed by atoms with E-state index < -0.39 is 0 Å². The van der Waals surface area contributed by atoms with Crippen molar-refractivity contribution >= 4 is 11.8 Å². The molecule has 2 aliphatic rings. The Morgan fingerprint density at radius 3 is 2.48 bits per heavy atom. The Kier molecular flexibility index (Phi) is 6.45. The van der Waals surface area contributed by atoms with Crippen LogP contribution in [0.4, 0.5) is 0 Å². The Morgan fingerprint density at radius 1 is 1.00 bits per heavy atom. The van der Waals surface area contributed by atoms with Crippen molar-refractivity contribution in [3.05, 3.63) is 35.9 Å². The summed E-state index contributed by atoms with van der Waals surface area (Å²) in [6, 6.07) is 10.1. The van der Waals surface area contributed by atoms with Crippen LogP contribution < -0.4 is 5.32 Å². The minimum Gasteiger partial charge on any atom is -0.346 e. The van der Waals surface area contributed by atoms with Gasteiger partial charge in [-0.2, -0.15) is 0 Å². The first-order chi connectivity index (χ1) is 12.2. The quantitative estimate of drug-likeness (QED) is 0.863. The van der Waals surface area contributed by atoms with Gasteiger partial charge in [-0.1, -0.05) is 36.8 Å². The Labute approximate surface area is 150 Å². The van der Waals surface area contributed by atoms with Gasteiger partial charge in [-0.05, 0) is 44.3 Å². The number of likely N-dealkylation sites (tertiary alicyclic amines) is 2. The van der Waals surface area contributed by atoms with Crippen LogP contribution in [0.2, 0.25) is 0 Å². The molecule has 5 heteroatoms. The lowest BCUT2D eigenvalue weighted by Crippen LogP contribution is -2.44. The largest absolute Gasteiger partial charge is 0.346 e. The Hall–Kier alpha value is -1.88. The predicted octanol–water partition coefficient (Wildman–Crippen LogP) is 2.34. The molecule has 1 unspecified atom stereocenters. The third-order valence-corrected chi connectivity index (χ3v) is 5.18. The van der Waals surface area contributed by atoms with Crippen molar-refractivity contribution in [2.75, 3.05) is 32.7 Å². The van der Waals surface area contributed by atoms with E-state index in [1.165, 1.54) is 12.8 Å². The van der Waals surface area contributed by atoms with Gasteiger partial charge in [0.25, 0.3) is 0 Å². The number of nitrogens with one attached hydrogen (secondary N) is 1. The number of amides is 2. The van der Waals surface area contributed by atoms with E-state index in [4.69, 9.17) is 0 Å². The highest BCUT2D eigenvalue weighted by Gasteiger charge is 2.23. The van der Waals surface area contributed by atoms with Crippen molar-refractivity contribution in [3.8, 4) is 0 Å². The Bertz CT molecular complexity index is 570. The van der Waals surface area contributed by atoms with Gasteiger partial charge in [0.2, 0.25) is 11.8 Å². The van der Waals surface area contributed by atoms with Crippen LogP contribution >= 0.6 is 0 Å². The van der Waals surface area contributed by atoms with Gasteiger partial charge < -0.3 is 15.1 Å². The second kappa shape index (κ2) is 8.99. The summed E-state index contributed by atoms with van der Waals surface area (Å²) in [5, 5.41) is 3.17. The van der Waals surface area contributed by atoms with E-state index in [0.29, 0.717) is 13.0 Å². The second-order valence-electron chi connectivity index (χ2n) is 7.16. The molecule has 2 saturated heterocycles. The van der Waals surface area contributed by atoms with Crippen LogP contribution in [0.25, 0.3) is 0 Å². The third kappa shape index (κ3) is 5.30. The van der Waals surface area contributed by atoms with Gasteiger partial charge in [0, 0.05) is 19.5 Å². The normalized spacial score (nSPS) is 20.3. The summed E-state index contributed by atoms with van der Waals surface area (Å²) < 4.78 is 0. The van der Waals surface area contributed by atoms with Crippen molar-refractivity contribution in [1.29, 1.82) is 0 Å². The molecular formula is C20H29N3O2. The van der Waals surface area contributed by atoms with Crippen LogP contribution in [0, 0.1) is 0 Å². The molecule has 1 atom stereocenters. The maximum Gasteiger partial charge on any atom is 0.240 e. The average Bonchev–Trinajstić information content (AvgIpc) is 3.05. The fourth-order valence-electron chi connectivity index (χ4n) is 3.76. The SMILES string of the molecule is O=C(CN1CCCCCC1=O)NC(CN1CCCC1)c1ccccc1. The fourth-order valence-corrected chi connectivity index (χ4v) is 3.76. The molecule has 2 fully saturated rings. The van der Waals surface area contributed by atoms with Gasteiger partial charge >= 0.3 is 0 Å². The monoisotopic (exact) mass is 343 g/mol. The topological polar surface area (TPSA) is 52.7 Å². The standard InChI is InChI=1S/C20H29N3O2/c24-19(16-23-14-6-2-5-11-20(23)25)21-18(15-22-12-7-8-13-22)17-9-3-1-4-10-17/h1,3-4,9-10,18H,2,5-8,11-16H2,(H,21,24). The molecular weight excluding hydrogens is 314 g/mol. The van der Waals surface area contributed by atoms with E-state index in [1.807, 2.05) is 18.2 Å². The number of benzene rings is 1. The number of carbonyl (C=O) groups is 2. The molecule has 2 amide bonds. The first kappa shape index (κ1) is 17.9. The molecule has 5 nitrogen and oxygen atoms in total. The van der Waals surface area contributed by atoms with Gasteiger partial charge in [-0.25, -0.2) is 0 Å². The molecule has 0 bridgehead atoms. The Balaban J connectivity index is 1.62. The highest BCUT2D eigenvalue weighted by molar-refractivity contribution is 5.85. The van der Waals surface area contributed by atoms with Crippen LogP contribution in [0.15, 0.2) is 30.3 Å². The first-order valence-corrected chi connectivity index (χ1v) is 9.57. The molecule has 0 spiro atoms. The molecule has 0 radical (unpaired) electrons. The van der Waals surface area contributed by atoms with Crippen LogP contribution in [-0.4, -0.2) is 54.3 Å². The van der Waals surface area contributed by atoms with Crippen molar-refractivity contribution < 1.29 is 9.59 Å².